The molecule has 0 aliphatic heterocycles. The van der Waals surface area contributed by atoms with Gasteiger partial charge >= 0.3 is 0 Å². The van der Waals surface area contributed by atoms with E-state index in [2.05, 4.69) is 5.32 Å². The maximum atomic E-state index is 9.16. The molecule has 0 unspecified atom stereocenters. The number of hydrogen-bond acceptors (Lipinski definition) is 4. The third-order valence-electron chi connectivity index (χ3n) is 3.18. The first kappa shape index (κ1) is 16.6. The van der Waals surface area contributed by atoms with E-state index in [1.165, 1.54) is 0 Å². The van der Waals surface area contributed by atoms with Gasteiger partial charge < -0.3 is 19.9 Å². The van der Waals surface area contributed by atoms with Gasteiger partial charge in [0.1, 0.15) is 12.4 Å². The summed E-state index contributed by atoms with van der Waals surface area (Å²) in [4.78, 5) is 0. The Labute approximate surface area is 135 Å². The number of aliphatic hydroxyl groups excluding tert-OH is 1. The molecule has 0 fully saturated rings. The Bertz CT molecular complexity index is 587. The summed E-state index contributed by atoms with van der Waals surface area (Å²) >= 11 is 6.14. The Morgan fingerprint density at radius 2 is 1.77 bits per heavy atom. The van der Waals surface area contributed by atoms with Gasteiger partial charge in [-0.1, -0.05) is 29.8 Å². The summed E-state index contributed by atoms with van der Waals surface area (Å²) in [5, 5.41) is 13.1. The molecule has 118 valence electrons. The molecule has 2 rings (SSSR count). The van der Waals surface area contributed by atoms with Gasteiger partial charge in [-0.15, -0.1) is 0 Å². The van der Waals surface area contributed by atoms with Gasteiger partial charge in [0.15, 0.2) is 0 Å². The van der Waals surface area contributed by atoms with Crippen LogP contribution in [0.1, 0.15) is 11.1 Å². The molecule has 0 saturated carbocycles. The molecule has 2 aromatic rings. The number of aliphatic hydroxyl groups is 1. The second kappa shape index (κ2) is 8.63. The van der Waals surface area contributed by atoms with E-state index in [1.54, 1.807) is 19.2 Å². The normalized spacial score (nSPS) is 10.5. The Hall–Kier alpha value is -1.75. The summed E-state index contributed by atoms with van der Waals surface area (Å²) in [5.41, 5.74) is 2.76. The SMILES string of the molecule is COCCOc1ccc(CNc2cc(CO)ccc2Cl)cc1. The zero-order valence-corrected chi connectivity index (χ0v) is 13.3. The van der Waals surface area contributed by atoms with E-state index in [9.17, 15) is 0 Å². The monoisotopic (exact) mass is 321 g/mol. The minimum atomic E-state index is -0.000636. The van der Waals surface area contributed by atoms with Crippen LogP contribution >= 0.6 is 11.6 Å². The lowest BCUT2D eigenvalue weighted by Crippen LogP contribution is -2.04. The van der Waals surface area contributed by atoms with Gasteiger partial charge in [-0.2, -0.15) is 0 Å². The van der Waals surface area contributed by atoms with Crippen molar-refractivity contribution in [3.05, 3.63) is 58.6 Å². The first-order chi connectivity index (χ1) is 10.7. The fourth-order valence-corrected chi connectivity index (χ4v) is 2.13. The topological polar surface area (TPSA) is 50.7 Å². The number of hydrogen-bond donors (Lipinski definition) is 2. The Morgan fingerprint density at radius 3 is 2.45 bits per heavy atom. The third-order valence-corrected chi connectivity index (χ3v) is 3.51. The quantitative estimate of drug-likeness (QED) is 0.731. The highest BCUT2D eigenvalue weighted by molar-refractivity contribution is 6.33. The van der Waals surface area contributed by atoms with Crippen molar-refractivity contribution in [1.29, 1.82) is 0 Å². The number of nitrogens with one attached hydrogen (secondary N) is 1. The molecule has 5 heteroatoms. The van der Waals surface area contributed by atoms with Gasteiger partial charge in [0.05, 0.1) is 23.9 Å². The summed E-state index contributed by atoms with van der Waals surface area (Å²) in [6.45, 7) is 1.76. The summed E-state index contributed by atoms with van der Waals surface area (Å²) in [5.74, 6) is 0.820. The van der Waals surface area contributed by atoms with Crippen LogP contribution in [-0.2, 0) is 17.9 Å². The van der Waals surface area contributed by atoms with E-state index in [4.69, 9.17) is 26.2 Å². The molecule has 0 aliphatic rings. The molecule has 0 bridgehead atoms. The number of anilines is 1. The molecule has 22 heavy (non-hydrogen) atoms. The van der Waals surface area contributed by atoms with Gasteiger partial charge in [0.2, 0.25) is 0 Å². The first-order valence-corrected chi connectivity index (χ1v) is 7.44. The van der Waals surface area contributed by atoms with E-state index in [0.29, 0.717) is 24.8 Å². The number of halogens is 1. The van der Waals surface area contributed by atoms with Crippen molar-refractivity contribution in [3.8, 4) is 5.75 Å². The van der Waals surface area contributed by atoms with Crippen LogP contribution in [0.25, 0.3) is 0 Å². The molecule has 2 N–H and O–H groups in total. The lowest BCUT2D eigenvalue weighted by molar-refractivity contribution is 0.146. The maximum Gasteiger partial charge on any atom is 0.119 e. The minimum absolute atomic E-state index is 0.000636. The number of benzene rings is 2. The van der Waals surface area contributed by atoms with Crippen LogP contribution in [0.4, 0.5) is 5.69 Å². The highest BCUT2D eigenvalue weighted by Crippen LogP contribution is 2.24. The molecule has 0 radical (unpaired) electrons. The van der Waals surface area contributed by atoms with Crippen LogP contribution < -0.4 is 10.1 Å². The molecule has 0 atom stereocenters. The third kappa shape index (κ3) is 4.91. The molecule has 2 aromatic carbocycles. The van der Waals surface area contributed by atoms with Crippen molar-refractivity contribution in [1.82, 2.24) is 0 Å². The van der Waals surface area contributed by atoms with Crippen LogP contribution in [0.15, 0.2) is 42.5 Å². The van der Waals surface area contributed by atoms with Crippen molar-refractivity contribution in [2.75, 3.05) is 25.6 Å². The van der Waals surface area contributed by atoms with Gasteiger partial charge in [-0.25, -0.2) is 0 Å². The van der Waals surface area contributed by atoms with Crippen LogP contribution in [-0.4, -0.2) is 25.4 Å². The zero-order chi connectivity index (χ0) is 15.8. The van der Waals surface area contributed by atoms with E-state index in [-0.39, 0.29) is 6.61 Å². The Kier molecular flexibility index (Phi) is 6.52. The highest BCUT2D eigenvalue weighted by atomic mass is 35.5. The zero-order valence-electron chi connectivity index (χ0n) is 12.5. The molecule has 0 spiro atoms. The Morgan fingerprint density at radius 1 is 1.05 bits per heavy atom. The van der Waals surface area contributed by atoms with Crippen LogP contribution in [0.2, 0.25) is 5.02 Å². The number of methoxy groups -OCH3 is 1. The van der Waals surface area contributed by atoms with Crippen molar-refractivity contribution in [2.45, 2.75) is 13.2 Å². The second-order valence-electron chi connectivity index (χ2n) is 4.81. The van der Waals surface area contributed by atoms with E-state index in [1.807, 2.05) is 30.3 Å². The summed E-state index contributed by atoms with van der Waals surface area (Å²) < 4.78 is 10.5. The lowest BCUT2D eigenvalue weighted by atomic mass is 10.2. The predicted octanol–water partition coefficient (Wildman–Crippen LogP) is 3.47. The van der Waals surface area contributed by atoms with Crippen molar-refractivity contribution >= 4 is 17.3 Å². The summed E-state index contributed by atoms with van der Waals surface area (Å²) in [7, 11) is 1.65. The second-order valence-corrected chi connectivity index (χ2v) is 5.22. The minimum Gasteiger partial charge on any atom is -0.491 e. The molecule has 0 saturated heterocycles. The number of rotatable bonds is 8. The van der Waals surface area contributed by atoms with Crippen LogP contribution in [0.3, 0.4) is 0 Å². The molecular weight excluding hydrogens is 302 g/mol. The fourth-order valence-electron chi connectivity index (χ4n) is 1.95. The first-order valence-electron chi connectivity index (χ1n) is 7.06. The number of ether oxygens (including phenoxy) is 2. The average Bonchev–Trinajstić information content (AvgIpc) is 2.55. The molecule has 0 amide bonds. The average molecular weight is 322 g/mol. The largest absolute Gasteiger partial charge is 0.491 e. The molecule has 4 nitrogen and oxygen atoms in total. The smallest absolute Gasteiger partial charge is 0.119 e. The van der Waals surface area contributed by atoms with Gasteiger partial charge in [0, 0.05) is 13.7 Å². The molecule has 0 aliphatic carbocycles. The van der Waals surface area contributed by atoms with Crippen molar-refractivity contribution in [3.63, 3.8) is 0 Å². The van der Waals surface area contributed by atoms with E-state index in [0.717, 1.165) is 22.6 Å². The summed E-state index contributed by atoms with van der Waals surface area (Å²) in [6.07, 6.45) is 0. The molecular formula is C17H20ClNO3. The van der Waals surface area contributed by atoms with E-state index >= 15 is 0 Å². The highest BCUT2D eigenvalue weighted by Gasteiger charge is 2.02. The van der Waals surface area contributed by atoms with Crippen LogP contribution in [0, 0.1) is 0 Å². The predicted molar refractivity (Wildman–Crippen MR) is 88.5 cm³/mol. The van der Waals surface area contributed by atoms with E-state index < -0.39 is 0 Å². The fraction of sp³-hybridized carbons (Fsp3) is 0.294. The van der Waals surface area contributed by atoms with Gasteiger partial charge in [0.25, 0.3) is 0 Å². The molecule has 0 aromatic heterocycles. The lowest BCUT2D eigenvalue weighted by Gasteiger charge is -2.11. The standard InChI is InChI=1S/C17H20ClNO3/c1-21-8-9-22-15-5-2-13(3-6-15)11-19-17-10-14(12-20)4-7-16(17)18/h2-7,10,19-20H,8-9,11-12H2,1H3. The van der Waals surface area contributed by atoms with Crippen molar-refractivity contribution in [2.24, 2.45) is 0 Å². The van der Waals surface area contributed by atoms with Crippen LogP contribution in [0.5, 0.6) is 5.75 Å². The Balaban J connectivity index is 1.91. The molecule has 0 heterocycles. The maximum absolute atomic E-state index is 9.16. The van der Waals surface area contributed by atoms with Gasteiger partial charge in [-0.3, -0.25) is 0 Å². The van der Waals surface area contributed by atoms with Gasteiger partial charge in [-0.05, 0) is 35.4 Å². The van der Waals surface area contributed by atoms with Crippen molar-refractivity contribution < 1.29 is 14.6 Å². The summed E-state index contributed by atoms with van der Waals surface area (Å²) in [6, 6.07) is 13.3.